The average molecular weight is 314 g/mol. The van der Waals surface area contributed by atoms with Gasteiger partial charge in [0.15, 0.2) is 6.61 Å². The second-order valence-electron chi connectivity index (χ2n) is 5.25. The second-order valence-corrected chi connectivity index (χ2v) is 5.68. The van der Waals surface area contributed by atoms with Gasteiger partial charge in [-0.15, -0.1) is 0 Å². The number of hydrogen-bond acceptors (Lipinski definition) is 4. The van der Waals surface area contributed by atoms with Gasteiger partial charge in [-0.3, -0.25) is 4.79 Å². The number of aliphatic hydroxyl groups excluding tert-OH is 1. The number of nitrogens with zero attached hydrogens (tertiary/aromatic N) is 1. The van der Waals surface area contributed by atoms with Gasteiger partial charge in [0, 0.05) is 18.1 Å². The Labute approximate surface area is 129 Å². The summed E-state index contributed by atoms with van der Waals surface area (Å²) in [7, 11) is 0. The fourth-order valence-electron chi connectivity index (χ4n) is 2.36. The van der Waals surface area contributed by atoms with Crippen LogP contribution in [-0.2, 0) is 9.53 Å². The summed E-state index contributed by atoms with van der Waals surface area (Å²) in [6.45, 7) is 4.54. The molecule has 1 heterocycles. The Balaban J connectivity index is 1.92. The zero-order valence-corrected chi connectivity index (χ0v) is 13.0. The molecule has 0 spiro atoms. The number of carbonyl (C=O) groups is 1. The molecule has 0 aliphatic carbocycles. The van der Waals surface area contributed by atoms with Crippen LogP contribution < -0.4 is 4.74 Å². The predicted octanol–water partition coefficient (Wildman–Crippen LogP) is 1.64. The molecule has 0 bridgehead atoms. The molecule has 1 aromatic carbocycles. The van der Waals surface area contributed by atoms with Crippen molar-refractivity contribution in [3.05, 3.63) is 28.8 Å². The third-order valence-electron chi connectivity index (χ3n) is 3.37. The zero-order valence-electron chi connectivity index (χ0n) is 12.2. The first-order valence-electron chi connectivity index (χ1n) is 6.92. The fourth-order valence-corrected chi connectivity index (χ4v) is 2.58. The van der Waals surface area contributed by atoms with Gasteiger partial charge < -0.3 is 19.5 Å². The Kier molecular flexibility index (Phi) is 5.45. The first-order valence-corrected chi connectivity index (χ1v) is 7.30. The van der Waals surface area contributed by atoms with Crippen molar-refractivity contribution in [2.75, 3.05) is 26.3 Å². The molecule has 1 amide bonds. The van der Waals surface area contributed by atoms with Crippen molar-refractivity contribution in [3.63, 3.8) is 0 Å². The molecule has 1 N–H and O–H groups in total. The van der Waals surface area contributed by atoms with E-state index in [9.17, 15) is 9.90 Å². The molecule has 2 atom stereocenters. The van der Waals surface area contributed by atoms with E-state index < -0.39 is 0 Å². The SMILES string of the molecule is Cc1cc(Cl)ccc1OCC(=O)N1CC(C)OC(CO)C1. The van der Waals surface area contributed by atoms with Gasteiger partial charge in [0.2, 0.25) is 0 Å². The van der Waals surface area contributed by atoms with Gasteiger partial charge in [-0.1, -0.05) is 11.6 Å². The van der Waals surface area contributed by atoms with Crippen LogP contribution in [0.4, 0.5) is 0 Å². The molecule has 2 rings (SSSR count). The third kappa shape index (κ3) is 4.33. The minimum Gasteiger partial charge on any atom is -0.483 e. The van der Waals surface area contributed by atoms with E-state index >= 15 is 0 Å². The van der Waals surface area contributed by atoms with Crippen LogP contribution in [0.3, 0.4) is 0 Å². The van der Waals surface area contributed by atoms with Gasteiger partial charge in [0.1, 0.15) is 5.75 Å². The minimum atomic E-state index is -0.324. The van der Waals surface area contributed by atoms with E-state index in [1.165, 1.54) is 0 Å². The molecular weight excluding hydrogens is 294 g/mol. The molecule has 21 heavy (non-hydrogen) atoms. The minimum absolute atomic E-state index is 0.0344. The van der Waals surface area contributed by atoms with Crippen molar-refractivity contribution in [3.8, 4) is 5.75 Å². The average Bonchev–Trinajstić information content (AvgIpc) is 2.45. The lowest BCUT2D eigenvalue weighted by atomic mass is 10.2. The van der Waals surface area contributed by atoms with Gasteiger partial charge in [-0.25, -0.2) is 0 Å². The molecule has 1 aromatic rings. The summed E-state index contributed by atoms with van der Waals surface area (Å²) < 4.78 is 11.1. The number of rotatable bonds is 4. The normalized spacial score (nSPS) is 22.2. The van der Waals surface area contributed by atoms with Gasteiger partial charge in [-0.05, 0) is 37.6 Å². The highest BCUT2D eigenvalue weighted by molar-refractivity contribution is 6.30. The van der Waals surface area contributed by atoms with Gasteiger partial charge in [-0.2, -0.15) is 0 Å². The molecule has 1 fully saturated rings. The maximum Gasteiger partial charge on any atom is 0.260 e. The van der Waals surface area contributed by atoms with E-state index in [1.54, 1.807) is 23.1 Å². The lowest BCUT2D eigenvalue weighted by Crippen LogP contribution is -2.51. The largest absolute Gasteiger partial charge is 0.483 e. The first-order chi connectivity index (χ1) is 9.99. The molecule has 5 nitrogen and oxygen atoms in total. The summed E-state index contributed by atoms with van der Waals surface area (Å²) in [4.78, 5) is 13.9. The van der Waals surface area contributed by atoms with Crippen molar-refractivity contribution < 1.29 is 19.4 Å². The first kappa shape index (κ1) is 16.1. The van der Waals surface area contributed by atoms with Gasteiger partial charge in [0.05, 0.1) is 18.8 Å². The molecule has 1 aliphatic rings. The number of aryl methyl sites for hydroxylation is 1. The number of halogens is 1. The van der Waals surface area contributed by atoms with Crippen LogP contribution in [0, 0.1) is 6.92 Å². The quantitative estimate of drug-likeness (QED) is 0.918. The number of hydrogen-bond donors (Lipinski definition) is 1. The van der Waals surface area contributed by atoms with Crippen LogP contribution in [0.15, 0.2) is 18.2 Å². The molecule has 6 heteroatoms. The molecule has 1 aliphatic heterocycles. The van der Waals surface area contributed by atoms with E-state index in [0.717, 1.165) is 5.56 Å². The Hall–Kier alpha value is -1.30. The number of aliphatic hydroxyl groups is 1. The number of benzene rings is 1. The highest BCUT2D eigenvalue weighted by Crippen LogP contribution is 2.22. The zero-order chi connectivity index (χ0) is 15.4. The van der Waals surface area contributed by atoms with E-state index in [0.29, 0.717) is 23.9 Å². The summed E-state index contributed by atoms with van der Waals surface area (Å²) in [6, 6.07) is 5.27. The van der Waals surface area contributed by atoms with Gasteiger partial charge in [0.25, 0.3) is 5.91 Å². The molecule has 0 radical (unpaired) electrons. The number of amides is 1. The monoisotopic (exact) mass is 313 g/mol. The molecule has 0 saturated carbocycles. The predicted molar refractivity (Wildman–Crippen MR) is 79.7 cm³/mol. The maximum absolute atomic E-state index is 12.2. The van der Waals surface area contributed by atoms with Crippen molar-refractivity contribution in [1.82, 2.24) is 4.90 Å². The summed E-state index contributed by atoms with van der Waals surface area (Å²) in [5.74, 6) is 0.533. The third-order valence-corrected chi connectivity index (χ3v) is 3.61. The van der Waals surface area contributed by atoms with Crippen molar-refractivity contribution >= 4 is 17.5 Å². The van der Waals surface area contributed by atoms with Crippen LogP contribution in [0.5, 0.6) is 5.75 Å². The van der Waals surface area contributed by atoms with E-state index in [2.05, 4.69) is 0 Å². The van der Waals surface area contributed by atoms with Crippen LogP contribution in [-0.4, -0.2) is 54.4 Å². The lowest BCUT2D eigenvalue weighted by molar-refractivity contribution is -0.149. The Bertz CT molecular complexity index is 508. The highest BCUT2D eigenvalue weighted by Gasteiger charge is 2.28. The highest BCUT2D eigenvalue weighted by atomic mass is 35.5. The Morgan fingerprint density at radius 1 is 1.52 bits per heavy atom. The number of carbonyl (C=O) groups excluding carboxylic acids is 1. The maximum atomic E-state index is 12.2. The lowest BCUT2D eigenvalue weighted by Gasteiger charge is -2.36. The van der Waals surface area contributed by atoms with Crippen LogP contribution in [0.1, 0.15) is 12.5 Å². The van der Waals surface area contributed by atoms with E-state index in [4.69, 9.17) is 21.1 Å². The summed E-state index contributed by atoms with van der Waals surface area (Å²) in [5, 5.41) is 9.81. The van der Waals surface area contributed by atoms with Crippen molar-refractivity contribution in [1.29, 1.82) is 0 Å². The topological polar surface area (TPSA) is 59.0 Å². The standard InChI is InChI=1S/C15H20ClNO4/c1-10-5-12(16)3-4-14(10)20-9-15(19)17-6-11(2)21-13(7-17)8-18/h3-5,11,13,18H,6-9H2,1-2H3. The van der Waals surface area contributed by atoms with E-state index in [1.807, 2.05) is 13.8 Å². The number of morpholine rings is 1. The fraction of sp³-hybridized carbons (Fsp3) is 0.533. The van der Waals surface area contributed by atoms with Crippen LogP contribution in [0.2, 0.25) is 5.02 Å². The molecule has 116 valence electrons. The molecule has 1 saturated heterocycles. The molecule has 2 unspecified atom stereocenters. The Morgan fingerprint density at radius 3 is 2.95 bits per heavy atom. The summed E-state index contributed by atoms with van der Waals surface area (Å²) in [6.07, 6.45) is -0.410. The van der Waals surface area contributed by atoms with Crippen molar-refractivity contribution in [2.24, 2.45) is 0 Å². The smallest absolute Gasteiger partial charge is 0.260 e. The molecule has 0 aromatic heterocycles. The molecular formula is C15H20ClNO4. The summed E-state index contributed by atoms with van der Waals surface area (Å²) in [5.41, 5.74) is 0.888. The van der Waals surface area contributed by atoms with Crippen LogP contribution >= 0.6 is 11.6 Å². The van der Waals surface area contributed by atoms with Gasteiger partial charge >= 0.3 is 0 Å². The van der Waals surface area contributed by atoms with Crippen molar-refractivity contribution in [2.45, 2.75) is 26.1 Å². The Morgan fingerprint density at radius 2 is 2.29 bits per heavy atom. The second kappa shape index (κ2) is 7.11. The van der Waals surface area contributed by atoms with E-state index in [-0.39, 0.29) is 31.3 Å². The van der Waals surface area contributed by atoms with Crippen LogP contribution in [0.25, 0.3) is 0 Å². The number of ether oxygens (including phenoxy) is 2. The summed E-state index contributed by atoms with van der Waals surface area (Å²) >= 11 is 5.88.